The van der Waals surface area contributed by atoms with E-state index < -0.39 is 46.9 Å². The molecular formula is C51H65N7O8. The van der Waals surface area contributed by atoms with Gasteiger partial charge in [-0.25, -0.2) is 5.43 Å². The minimum atomic E-state index is -1.23. The van der Waals surface area contributed by atoms with Gasteiger partial charge in [0.05, 0.1) is 37.2 Å². The number of esters is 1. The molecule has 3 aromatic rings. The summed E-state index contributed by atoms with van der Waals surface area (Å²) < 4.78 is 20.2. The first-order valence-electron chi connectivity index (χ1n) is 23.0. The van der Waals surface area contributed by atoms with Crippen molar-refractivity contribution >= 4 is 52.3 Å². The normalized spacial score (nSPS) is 22.2. The fourth-order valence-electron chi connectivity index (χ4n) is 9.82. The molecular weight excluding hydrogens is 839 g/mol. The molecule has 0 radical (unpaired) electrons. The lowest BCUT2D eigenvalue weighted by molar-refractivity contribution is -0.163. The van der Waals surface area contributed by atoms with Crippen LogP contribution in [0, 0.1) is 11.3 Å². The first-order valence-corrected chi connectivity index (χ1v) is 23.0. The van der Waals surface area contributed by atoms with E-state index in [1.165, 1.54) is 20.9 Å². The van der Waals surface area contributed by atoms with Crippen LogP contribution >= 0.6 is 0 Å². The molecule has 0 aliphatic carbocycles. The predicted octanol–water partition coefficient (Wildman–Crippen LogP) is 5.61. The van der Waals surface area contributed by atoms with Crippen molar-refractivity contribution in [3.63, 3.8) is 0 Å². The van der Waals surface area contributed by atoms with Crippen molar-refractivity contribution in [3.05, 3.63) is 90.3 Å². The summed E-state index contributed by atoms with van der Waals surface area (Å²) in [4.78, 5) is 77.0. The number of ether oxygens (including phenoxy) is 3. The van der Waals surface area contributed by atoms with Gasteiger partial charge in [0.2, 0.25) is 11.8 Å². The van der Waals surface area contributed by atoms with Crippen LogP contribution < -0.4 is 10.7 Å². The number of carbonyl (C=O) groups excluding carboxylic acids is 5. The number of aromatic nitrogens is 1. The number of hydrazine groups is 1. The highest BCUT2D eigenvalue weighted by atomic mass is 16.5. The maximum Gasteiger partial charge on any atom is 0.324 e. The van der Waals surface area contributed by atoms with E-state index >= 15 is 0 Å². The third-order valence-corrected chi connectivity index (χ3v) is 13.3. The molecule has 2 aromatic carbocycles. The Kier molecular flexibility index (Phi) is 14.2. The quantitative estimate of drug-likeness (QED) is 0.108. The molecule has 2 N–H and O–H groups in total. The number of fused-ring (bicyclic) bond motifs is 6. The second-order valence-corrected chi connectivity index (χ2v) is 18.9. The van der Waals surface area contributed by atoms with Crippen LogP contribution in [0.2, 0.25) is 0 Å². The van der Waals surface area contributed by atoms with Crippen LogP contribution in [0.15, 0.2) is 78.5 Å². The van der Waals surface area contributed by atoms with E-state index in [1.807, 2.05) is 58.0 Å². The zero-order valence-electron chi connectivity index (χ0n) is 39.6. The van der Waals surface area contributed by atoms with E-state index in [0.717, 1.165) is 50.1 Å². The minimum Gasteiger partial charge on any atom is -0.464 e. The van der Waals surface area contributed by atoms with Gasteiger partial charge < -0.3 is 33.9 Å². The number of aliphatic imine (C=N–C) groups is 1. The second kappa shape index (κ2) is 19.5. The van der Waals surface area contributed by atoms with Gasteiger partial charge in [-0.15, -0.1) is 0 Å². The lowest BCUT2D eigenvalue weighted by atomic mass is 9.84. The average molecular weight is 904 g/mol. The number of aryl methyl sites for hydroxylation is 1. The Morgan fingerprint density at radius 3 is 2.47 bits per heavy atom. The molecule has 4 amide bonds. The number of nitrogens with one attached hydrogen (secondary N) is 2. The number of allylic oxidation sites excluding steroid dienone is 2. The van der Waals surface area contributed by atoms with Crippen LogP contribution in [0.3, 0.4) is 0 Å². The number of nitrogens with zero attached hydrogens (tertiary/aromatic N) is 5. The standard InChI is InChI=1S/C51H65N7O8/c1-11-36(43(52-13-3)32(7)64-10)45-38-26-50(8,9)29-65-48(62)39-19-16-22-58(54-39)47(61)40(24-33-17-15-18-34(23-33)35-20-21-41(37(38)25-35)56(45)14-4)53-46(60)44(31(5)6)57-30-66-51(49(57)63)27-55(28-51)42(59)12-2/h11-13,15,17-18,20-21,23,25,31-32,39-40,44,54H,1-2,14,16,19,22,24,26-30H2,3-10H3,(H,53,60)/b43-36+,52-13-/t32-,39-,40-,44-/m0/s1. The minimum absolute atomic E-state index is 0.0637. The number of cyclic esters (lactones) is 1. The largest absolute Gasteiger partial charge is 0.464 e. The predicted molar refractivity (Wildman–Crippen MR) is 254 cm³/mol. The third-order valence-electron chi connectivity index (χ3n) is 13.3. The molecule has 3 fully saturated rings. The summed E-state index contributed by atoms with van der Waals surface area (Å²) in [7, 11) is 1.67. The molecule has 15 nitrogen and oxygen atoms in total. The summed E-state index contributed by atoms with van der Waals surface area (Å²) >= 11 is 0. The molecule has 5 heterocycles. The third kappa shape index (κ3) is 9.25. The van der Waals surface area contributed by atoms with Gasteiger partial charge in [0.15, 0.2) is 5.60 Å². The van der Waals surface area contributed by atoms with E-state index in [4.69, 9.17) is 19.2 Å². The lowest BCUT2D eigenvalue weighted by Gasteiger charge is -2.44. The second-order valence-electron chi connectivity index (χ2n) is 18.9. The van der Waals surface area contributed by atoms with Gasteiger partial charge in [-0.3, -0.25) is 34.0 Å². The number of hydrogen-bond donors (Lipinski definition) is 2. The van der Waals surface area contributed by atoms with Crippen molar-refractivity contribution in [1.82, 2.24) is 30.1 Å². The number of methoxy groups -OCH3 is 1. The summed E-state index contributed by atoms with van der Waals surface area (Å²) in [5.41, 5.74) is 8.72. The van der Waals surface area contributed by atoms with E-state index in [1.54, 1.807) is 13.3 Å². The van der Waals surface area contributed by atoms with Crippen molar-refractivity contribution in [2.45, 2.75) is 111 Å². The molecule has 7 rings (SSSR count). The van der Waals surface area contributed by atoms with Crippen molar-refractivity contribution < 1.29 is 38.2 Å². The van der Waals surface area contributed by atoms with Crippen LogP contribution in [0.4, 0.5) is 0 Å². The van der Waals surface area contributed by atoms with E-state index in [2.05, 4.69) is 67.4 Å². The van der Waals surface area contributed by atoms with Crippen LogP contribution in [0.25, 0.3) is 27.6 Å². The van der Waals surface area contributed by atoms with E-state index in [0.29, 0.717) is 32.4 Å². The SMILES string of the molecule is C=CC(=O)N1CC2(C1)OCN([C@H](C(=O)N[C@H]1Cc3cccc(c3)-c3ccc4c(c3)c(c(/C(C=C)=C(/N=C\C)[C@H](C)OC)n4CC)CC(C)(C)COC(=O)[C@@H]3CCCN(N3)C1=O)C(C)C)C2=O. The summed E-state index contributed by atoms with van der Waals surface area (Å²) in [6, 6.07) is 11.5. The molecule has 1 spiro atoms. The van der Waals surface area contributed by atoms with Gasteiger partial charge in [0, 0.05) is 54.7 Å². The topological polar surface area (TPSA) is 164 Å². The summed E-state index contributed by atoms with van der Waals surface area (Å²) in [5, 5.41) is 5.49. The van der Waals surface area contributed by atoms with Gasteiger partial charge >= 0.3 is 5.97 Å². The van der Waals surface area contributed by atoms with Crippen LogP contribution in [-0.4, -0.2) is 125 Å². The molecule has 3 saturated heterocycles. The summed E-state index contributed by atoms with van der Waals surface area (Å²) in [6.45, 7) is 22.7. The van der Waals surface area contributed by atoms with Crippen molar-refractivity contribution in [2.75, 3.05) is 40.1 Å². The fourth-order valence-corrected chi connectivity index (χ4v) is 9.82. The van der Waals surface area contributed by atoms with E-state index in [-0.39, 0.29) is 56.7 Å². The highest BCUT2D eigenvalue weighted by Gasteiger charge is 2.59. The molecule has 0 saturated carbocycles. The van der Waals surface area contributed by atoms with Gasteiger partial charge in [-0.1, -0.05) is 77.3 Å². The van der Waals surface area contributed by atoms with Crippen molar-refractivity contribution in [3.8, 4) is 11.1 Å². The monoisotopic (exact) mass is 903 g/mol. The maximum absolute atomic E-state index is 14.7. The van der Waals surface area contributed by atoms with E-state index in [9.17, 15) is 24.0 Å². The first kappa shape index (κ1) is 48.0. The molecule has 66 heavy (non-hydrogen) atoms. The van der Waals surface area contributed by atoms with Crippen LogP contribution in [-0.2, 0) is 57.6 Å². The molecule has 4 atom stereocenters. The highest BCUT2D eigenvalue weighted by molar-refractivity contribution is 5.98. The number of carbonyl (C=O) groups is 5. The highest BCUT2D eigenvalue weighted by Crippen LogP contribution is 2.41. The molecule has 15 heteroatoms. The molecule has 352 valence electrons. The van der Waals surface area contributed by atoms with Gasteiger partial charge in [-0.2, -0.15) is 0 Å². The maximum atomic E-state index is 14.7. The smallest absolute Gasteiger partial charge is 0.324 e. The Balaban J connectivity index is 1.30. The number of hydrogen-bond acceptors (Lipinski definition) is 10. The zero-order valence-corrected chi connectivity index (χ0v) is 39.6. The number of rotatable bonds is 11. The summed E-state index contributed by atoms with van der Waals surface area (Å²) in [5.74, 6) is -2.45. The average Bonchev–Trinajstić information content (AvgIpc) is 3.79. The molecule has 4 aliphatic rings. The van der Waals surface area contributed by atoms with Crippen LogP contribution in [0.5, 0.6) is 0 Å². The van der Waals surface area contributed by atoms with Crippen molar-refractivity contribution in [1.29, 1.82) is 0 Å². The van der Waals surface area contributed by atoms with Crippen LogP contribution in [0.1, 0.15) is 78.1 Å². The molecule has 1 aromatic heterocycles. The van der Waals surface area contributed by atoms with Gasteiger partial charge in [0.25, 0.3) is 11.8 Å². The number of benzene rings is 2. The summed E-state index contributed by atoms with van der Waals surface area (Å²) in [6.07, 6.45) is 6.13. The molecule has 6 bridgehead atoms. The Bertz CT molecular complexity index is 2480. The van der Waals surface area contributed by atoms with Gasteiger partial charge in [0.1, 0.15) is 24.9 Å². The Labute approximate surface area is 387 Å². The fraction of sp³-hybridized carbons (Fsp3) is 0.490. The first-order chi connectivity index (χ1) is 31.5. The molecule has 0 unspecified atom stereocenters. The van der Waals surface area contributed by atoms with Crippen molar-refractivity contribution in [2.24, 2.45) is 16.3 Å². The molecule has 4 aliphatic heterocycles. The number of amides is 4. The zero-order chi connectivity index (χ0) is 47.7. The Morgan fingerprint density at radius 1 is 1.06 bits per heavy atom. The Hall–Kier alpha value is -5.90. The lowest BCUT2D eigenvalue weighted by Crippen LogP contribution is -2.68. The Morgan fingerprint density at radius 2 is 1.80 bits per heavy atom. The van der Waals surface area contributed by atoms with Gasteiger partial charge in [-0.05, 0) is 86.4 Å². The number of likely N-dealkylation sites (tertiary alicyclic amines) is 1.